The van der Waals surface area contributed by atoms with Crippen LogP contribution in [0.3, 0.4) is 0 Å². The number of aromatic hydroxyl groups is 1. The molecule has 20 nitrogen and oxygen atoms in total. The Hall–Kier alpha value is -7.40. The molecule has 0 bridgehead atoms. The molecule has 0 heterocycles. The number of nitrogen functional groups attached to an aromatic ring is 5. The van der Waals surface area contributed by atoms with Gasteiger partial charge < -0.3 is 33.8 Å². The van der Waals surface area contributed by atoms with E-state index >= 15 is 0 Å². The summed E-state index contributed by atoms with van der Waals surface area (Å²) in [6.07, 6.45) is 0. The fourth-order valence-corrected chi connectivity index (χ4v) is 6.60. The number of azo groups is 4. The molecule has 0 spiro atoms. The Morgan fingerprint density at radius 1 is 0.491 bits per heavy atom. The second-order valence-corrected chi connectivity index (χ2v) is 15.0. The van der Waals surface area contributed by atoms with Crippen molar-refractivity contribution in [1.29, 1.82) is 0 Å². The first-order valence-electron chi connectivity index (χ1n) is 16.1. The van der Waals surface area contributed by atoms with Crippen molar-refractivity contribution in [2.75, 3.05) is 28.7 Å². The van der Waals surface area contributed by atoms with Gasteiger partial charge in [0, 0.05) is 11.4 Å². The summed E-state index contributed by atoms with van der Waals surface area (Å²) >= 11 is 0. The molecule has 0 aromatic heterocycles. The number of nitrogens with zero attached hydrogens (tertiary/aromatic N) is 8. The molecule has 0 unspecified atom stereocenters. The molecule has 0 aliphatic rings. The molecule has 290 valence electrons. The summed E-state index contributed by atoms with van der Waals surface area (Å²) in [6.45, 7) is 1.65. The van der Waals surface area contributed by atoms with E-state index in [2.05, 4.69) is 40.9 Å². The molecule has 0 saturated carbocycles. The van der Waals surface area contributed by atoms with E-state index in [-0.39, 0.29) is 22.1 Å². The zero-order chi connectivity index (χ0) is 41.2. The number of anilines is 5. The van der Waals surface area contributed by atoms with Gasteiger partial charge in [0.1, 0.15) is 32.5 Å². The van der Waals surface area contributed by atoms with Gasteiger partial charge in [-0.1, -0.05) is 0 Å². The van der Waals surface area contributed by atoms with Gasteiger partial charge in [0.2, 0.25) is 0 Å². The van der Waals surface area contributed by atoms with Crippen LogP contribution in [0.1, 0.15) is 5.56 Å². The molecule has 0 aliphatic carbocycles. The van der Waals surface area contributed by atoms with Gasteiger partial charge in [-0.15, -0.1) is 20.5 Å². The monoisotopic (exact) mass is 809 g/mol. The molecule has 0 radical (unpaired) electrons. The van der Waals surface area contributed by atoms with Crippen LogP contribution in [0.5, 0.6) is 5.75 Å². The molecule has 0 fully saturated rings. The lowest BCUT2D eigenvalue weighted by Gasteiger charge is -2.14. The number of rotatable bonds is 10. The average molecular weight is 810 g/mol. The topological polar surface area (TPSA) is 358 Å². The maximum absolute atomic E-state index is 12.5. The third kappa shape index (κ3) is 8.79. The van der Waals surface area contributed by atoms with Crippen LogP contribution < -0.4 is 28.7 Å². The molecule has 6 rings (SSSR count). The van der Waals surface area contributed by atoms with Crippen LogP contribution in [0.25, 0.3) is 10.8 Å². The van der Waals surface area contributed by atoms with Crippen molar-refractivity contribution in [2.45, 2.75) is 16.7 Å². The Bertz CT molecular complexity index is 2940. The third-order valence-corrected chi connectivity index (χ3v) is 9.81. The number of phenolic OH excluding ortho intramolecular Hbond substituents is 1. The van der Waals surface area contributed by atoms with Crippen LogP contribution in [0, 0.1) is 6.92 Å². The van der Waals surface area contributed by atoms with E-state index in [4.69, 9.17) is 28.7 Å². The largest absolute Gasteiger partial charge is 0.505 e. The second-order valence-electron chi connectivity index (χ2n) is 12.2. The predicted octanol–water partition coefficient (Wildman–Crippen LogP) is 8.92. The number of hydrogen-bond acceptors (Lipinski definition) is 18. The van der Waals surface area contributed by atoms with Crippen LogP contribution in [0.4, 0.5) is 73.9 Å². The van der Waals surface area contributed by atoms with Gasteiger partial charge in [-0.2, -0.15) is 37.3 Å². The summed E-state index contributed by atoms with van der Waals surface area (Å²) in [7, 11) is -10.2. The maximum atomic E-state index is 12.5. The quantitative estimate of drug-likeness (QED) is 0.0365. The lowest BCUT2D eigenvalue weighted by atomic mass is 10.1. The Labute approximate surface area is 323 Å². The number of hydrogen-bond donors (Lipinski definition) is 8. The number of fused-ring (bicyclic) bond motifs is 1. The Morgan fingerprint density at radius 2 is 0.912 bits per heavy atom. The highest BCUT2D eigenvalue weighted by Gasteiger charge is 2.28. The zero-order valence-corrected chi connectivity index (χ0v) is 31.0. The highest BCUT2D eigenvalue weighted by atomic mass is 32.2. The molecule has 0 atom stereocenters. The van der Waals surface area contributed by atoms with Gasteiger partial charge in [0.25, 0.3) is 20.2 Å². The molecule has 6 aromatic rings. The minimum atomic E-state index is -5.13. The number of aryl methyl sites for hydroxylation is 1. The lowest BCUT2D eigenvalue weighted by Crippen LogP contribution is -2.03. The summed E-state index contributed by atoms with van der Waals surface area (Å²) < 4.78 is 70.2. The van der Waals surface area contributed by atoms with Gasteiger partial charge >= 0.3 is 0 Å². The highest BCUT2D eigenvalue weighted by molar-refractivity contribution is 7.86. The molecule has 13 N–H and O–H groups in total. The van der Waals surface area contributed by atoms with Crippen molar-refractivity contribution in [3.8, 4) is 5.75 Å². The molecule has 57 heavy (non-hydrogen) atoms. The summed E-state index contributed by atoms with van der Waals surface area (Å²) in [5.74, 6) is -0.916. The van der Waals surface area contributed by atoms with E-state index < -0.39 is 52.8 Å². The number of phenols is 1. The zero-order valence-electron chi connectivity index (χ0n) is 29.4. The van der Waals surface area contributed by atoms with Gasteiger partial charge in [0.15, 0.2) is 5.75 Å². The maximum Gasteiger partial charge on any atom is 0.296 e. The Balaban J connectivity index is 1.36. The Kier molecular flexibility index (Phi) is 10.6. The summed E-state index contributed by atoms with van der Waals surface area (Å²) in [4.78, 5) is -1.84. The second kappa shape index (κ2) is 15.4. The molecular formula is C35H31N13O7S2. The minimum absolute atomic E-state index is 0.180. The van der Waals surface area contributed by atoms with E-state index in [1.54, 1.807) is 37.3 Å². The molecule has 0 amide bonds. The van der Waals surface area contributed by atoms with Crippen LogP contribution in [-0.2, 0) is 20.2 Å². The molecule has 0 aliphatic heterocycles. The molecular weight excluding hydrogens is 779 g/mol. The van der Waals surface area contributed by atoms with Crippen molar-refractivity contribution in [3.05, 3.63) is 96.6 Å². The minimum Gasteiger partial charge on any atom is -0.505 e. The van der Waals surface area contributed by atoms with Crippen molar-refractivity contribution < 1.29 is 31.0 Å². The smallest absolute Gasteiger partial charge is 0.296 e. The van der Waals surface area contributed by atoms with Gasteiger partial charge in [-0.25, -0.2) is 0 Å². The lowest BCUT2D eigenvalue weighted by molar-refractivity contribution is 0.472. The van der Waals surface area contributed by atoms with E-state index in [1.165, 1.54) is 48.5 Å². The van der Waals surface area contributed by atoms with E-state index in [1.807, 2.05) is 0 Å². The number of nitrogens with two attached hydrogens (primary N) is 5. The van der Waals surface area contributed by atoms with Crippen molar-refractivity contribution in [3.63, 3.8) is 0 Å². The van der Waals surface area contributed by atoms with E-state index in [0.717, 1.165) is 12.1 Å². The normalized spacial score (nSPS) is 12.5. The van der Waals surface area contributed by atoms with Crippen LogP contribution >= 0.6 is 0 Å². The van der Waals surface area contributed by atoms with Crippen LogP contribution in [0.2, 0.25) is 0 Å². The first-order chi connectivity index (χ1) is 26.9. The van der Waals surface area contributed by atoms with Crippen molar-refractivity contribution in [1.82, 2.24) is 0 Å². The first-order valence-corrected chi connectivity index (χ1v) is 19.0. The third-order valence-electron chi connectivity index (χ3n) is 8.07. The first kappa shape index (κ1) is 39.3. The van der Waals surface area contributed by atoms with Gasteiger partial charge in [0.05, 0.1) is 45.2 Å². The van der Waals surface area contributed by atoms with Crippen LogP contribution in [0.15, 0.2) is 142 Å². The highest BCUT2D eigenvalue weighted by Crippen LogP contribution is 2.48. The number of benzene rings is 6. The molecule has 0 saturated heterocycles. The van der Waals surface area contributed by atoms with Crippen LogP contribution in [-0.4, -0.2) is 31.0 Å². The van der Waals surface area contributed by atoms with Crippen molar-refractivity contribution >= 4 is 105 Å². The van der Waals surface area contributed by atoms with Gasteiger partial charge in [-0.3, -0.25) is 9.11 Å². The Morgan fingerprint density at radius 3 is 1.40 bits per heavy atom. The standard InChI is InChI=1S/C35H31N13O7S2/c1-17-12-23(43-46-28-10-3-20(37)16-25(28)39)8-11-26(17)44-48-34-30(57(53,54)55)14-18-13-29(56(50,51)52)33(32(40)31(18)35(34)49)47-42-22-6-4-21(5-7-22)41-45-27-9-2-19(36)15-24(27)38/h2-16,49H,36-40H2,1H3,(H,50,51,52)(H,53,54,55). The fraction of sp³-hybridized carbons (Fsp3) is 0.0286. The van der Waals surface area contributed by atoms with E-state index in [0.29, 0.717) is 51.1 Å². The fourth-order valence-electron chi connectivity index (χ4n) is 5.27. The van der Waals surface area contributed by atoms with Gasteiger partial charge in [-0.05, 0) is 109 Å². The molecule has 22 heteroatoms. The van der Waals surface area contributed by atoms with Crippen molar-refractivity contribution in [2.24, 2.45) is 40.9 Å². The summed E-state index contributed by atoms with van der Waals surface area (Å²) in [6, 6.07) is 21.7. The predicted molar refractivity (Wildman–Crippen MR) is 215 cm³/mol. The summed E-state index contributed by atoms with van der Waals surface area (Å²) in [5, 5.41) is 43.2. The summed E-state index contributed by atoms with van der Waals surface area (Å²) in [5.41, 5.74) is 31.7. The average Bonchev–Trinajstić information content (AvgIpc) is 3.13. The SMILES string of the molecule is Cc1cc(N=Nc2ccc(N)cc2N)ccc1N=Nc1c(S(=O)(=O)O)cc2cc(S(=O)(=O)O)c(N=Nc3ccc(N=Nc4ccc(N)cc4N)cc3)c(N)c2c1O. The molecule has 6 aromatic carbocycles. The van der Waals surface area contributed by atoms with E-state index in [9.17, 15) is 31.0 Å².